The van der Waals surface area contributed by atoms with E-state index in [9.17, 15) is 18.0 Å². The van der Waals surface area contributed by atoms with Gasteiger partial charge in [-0.25, -0.2) is 4.79 Å². The molecule has 0 saturated heterocycles. The van der Waals surface area contributed by atoms with Gasteiger partial charge in [-0.3, -0.25) is 0 Å². The molecule has 2 aromatic heterocycles. The molecule has 0 spiro atoms. The third-order valence-electron chi connectivity index (χ3n) is 4.17. The molecule has 28 heavy (non-hydrogen) atoms. The second kappa shape index (κ2) is 7.10. The van der Waals surface area contributed by atoms with E-state index in [1.54, 1.807) is 35.2 Å². The van der Waals surface area contributed by atoms with Crippen molar-refractivity contribution >= 4 is 34.7 Å². The summed E-state index contributed by atoms with van der Waals surface area (Å²) in [6.45, 7) is 0.805. The van der Waals surface area contributed by atoms with E-state index in [1.165, 1.54) is 11.3 Å². The molecule has 1 aromatic carbocycles. The van der Waals surface area contributed by atoms with Crippen LogP contribution in [0.4, 0.5) is 23.7 Å². The largest absolute Gasteiger partial charge is 0.471 e. The molecule has 0 saturated carbocycles. The first-order valence-corrected chi connectivity index (χ1v) is 9.34. The first kappa shape index (κ1) is 18.8. The third kappa shape index (κ3) is 3.69. The van der Waals surface area contributed by atoms with Crippen LogP contribution < -0.4 is 5.32 Å². The fourth-order valence-electron chi connectivity index (χ4n) is 2.80. The van der Waals surface area contributed by atoms with Crippen molar-refractivity contribution in [2.24, 2.45) is 0 Å². The summed E-state index contributed by atoms with van der Waals surface area (Å²) in [5, 5.41) is 6.61. The van der Waals surface area contributed by atoms with Gasteiger partial charge in [-0.05, 0) is 30.2 Å². The predicted molar refractivity (Wildman–Crippen MR) is 97.2 cm³/mol. The lowest BCUT2D eigenvalue weighted by atomic mass is 10.1. The Morgan fingerprint density at radius 3 is 2.82 bits per heavy atom. The van der Waals surface area contributed by atoms with Gasteiger partial charge in [0.15, 0.2) is 0 Å². The highest BCUT2D eigenvalue weighted by molar-refractivity contribution is 7.15. The maximum Gasteiger partial charge on any atom is 0.471 e. The van der Waals surface area contributed by atoms with Crippen LogP contribution in [0.2, 0.25) is 5.02 Å². The van der Waals surface area contributed by atoms with Crippen molar-refractivity contribution in [2.45, 2.75) is 19.1 Å². The molecule has 1 aliphatic rings. The van der Waals surface area contributed by atoms with Crippen LogP contribution >= 0.6 is 22.9 Å². The average molecular weight is 429 g/mol. The van der Waals surface area contributed by atoms with Gasteiger partial charge in [0.05, 0.1) is 22.1 Å². The molecular formula is C17H12ClF3N4O2S. The lowest BCUT2D eigenvalue weighted by Crippen LogP contribution is -2.38. The smallest absolute Gasteiger partial charge is 0.329 e. The summed E-state index contributed by atoms with van der Waals surface area (Å²) in [7, 11) is 0. The van der Waals surface area contributed by atoms with Crippen LogP contribution in [0, 0.1) is 0 Å². The van der Waals surface area contributed by atoms with Crippen LogP contribution in [0.5, 0.6) is 0 Å². The van der Waals surface area contributed by atoms with Crippen molar-refractivity contribution in [3.8, 4) is 10.7 Å². The summed E-state index contributed by atoms with van der Waals surface area (Å²) < 4.78 is 42.2. The number of para-hydroxylation sites is 1. The quantitative estimate of drug-likeness (QED) is 0.619. The van der Waals surface area contributed by atoms with E-state index in [0.717, 1.165) is 10.4 Å². The van der Waals surface area contributed by atoms with Gasteiger partial charge in [0.1, 0.15) is 0 Å². The summed E-state index contributed by atoms with van der Waals surface area (Å²) in [6, 6.07) is 8.36. The Bertz CT molecular complexity index is 1030. The molecule has 4 rings (SSSR count). The van der Waals surface area contributed by atoms with Gasteiger partial charge in [0.2, 0.25) is 5.82 Å². The van der Waals surface area contributed by atoms with Gasteiger partial charge in [0.25, 0.3) is 0 Å². The fourth-order valence-corrected chi connectivity index (χ4v) is 4.14. The van der Waals surface area contributed by atoms with Gasteiger partial charge in [-0.1, -0.05) is 28.9 Å². The van der Waals surface area contributed by atoms with Crippen LogP contribution in [0.15, 0.2) is 34.9 Å². The van der Waals surface area contributed by atoms with E-state index in [0.29, 0.717) is 35.1 Å². The minimum Gasteiger partial charge on any atom is -0.329 e. The number of rotatable bonds is 2. The summed E-state index contributed by atoms with van der Waals surface area (Å²) in [6.07, 6.45) is -4.11. The molecule has 6 nitrogen and oxygen atoms in total. The Morgan fingerprint density at radius 2 is 2.11 bits per heavy atom. The number of nitrogens with zero attached hydrogens (tertiary/aromatic N) is 3. The lowest BCUT2D eigenvalue weighted by molar-refractivity contribution is -0.159. The normalized spacial score (nSPS) is 14.1. The van der Waals surface area contributed by atoms with Gasteiger partial charge < -0.3 is 14.7 Å². The number of hydrogen-bond acceptors (Lipinski definition) is 5. The number of halogens is 4. The molecule has 0 fully saturated rings. The summed E-state index contributed by atoms with van der Waals surface area (Å²) in [4.78, 5) is 18.9. The lowest BCUT2D eigenvalue weighted by Gasteiger charge is -2.27. The molecule has 3 heterocycles. The summed E-state index contributed by atoms with van der Waals surface area (Å²) in [5.41, 5.74) is 1.47. The van der Waals surface area contributed by atoms with E-state index >= 15 is 0 Å². The SMILES string of the molecule is O=C(Nc1ccccc1Cl)N1CCc2cc(-c3noc(C(F)(F)F)n3)sc2C1. The number of nitrogens with one attached hydrogen (secondary N) is 1. The topological polar surface area (TPSA) is 71.3 Å². The van der Waals surface area contributed by atoms with E-state index in [-0.39, 0.29) is 11.9 Å². The Balaban J connectivity index is 1.49. The van der Waals surface area contributed by atoms with Gasteiger partial charge in [0, 0.05) is 11.4 Å². The van der Waals surface area contributed by atoms with E-state index in [2.05, 4.69) is 20.0 Å². The van der Waals surface area contributed by atoms with Crippen molar-refractivity contribution in [1.29, 1.82) is 0 Å². The molecule has 2 amide bonds. The average Bonchev–Trinajstić information content (AvgIpc) is 3.29. The van der Waals surface area contributed by atoms with Crippen LogP contribution in [0.25, 0.3) is 10.7 Å². The number of carbonyl (C=O) groups excluding carboxylic acids is 1. The molecule has 11 heteroatoms. The zero-order valence-corrected chi connectivity index (χ0v) is 15.7. The van der Waals surface area contributed by atoms with Gasteiger partial charge in [-0.15, -0.1) is 11.3 Å². The maximum absolute atomic E-state index is 12.6. The highest BCUT2D eigenvalue weighted by Gasteiger charge is 2.38. The van der Waals surface area contributed by atoms with Crippen molar-refractivity contribution < 1.29 is 22.5 Å². The van der Waals surface area contributed by atoms with Crippen molar-refractivity contribution in [3.63, 3.8) is 0 Å². The number of fused-ring (bicyclic) bond motifs is 1. The number of carbonyl (C=O) groups is 1. The second-order valence-corrected chi connectivity index (χ2v) is 7.61. The number of aromatic nitrogens is 2. The van der Waals surface area contributed by atoms with Crippen LogP contribution in [-0.4, -0.2) is 27.6 Å². The highest BCUT2D eigenvalue weighted by atomic mass is 35.5. The van der Waals surface area contributed by atoms with Crippen molar-refractivity contribution in [3.05, 3.63) is 51.7 Å². The Labute approximate surface area is 165 Å². The number of benzene rings is 1. The van der Waals surface area contributed by atoms with Gasteiger partial charge >= 0.3 is 18.1 Å². The number of urea groups is 1. The summed E-state index contributed by atoms with van der Waals surface area (Å²) in [5.74, 6) is -1.49. The molecule has 3 aromatic rings. The molecule has 1 N–H and O–H groups in total. The Hall–Kier alpha value is -2.59. The Kier molecular flexibility index (Phi) is 4.76. The van der Waals surface area contributed by atoms with E-state index in [4.69, 9.17) is 11.6 Å². The number of anilines is 1. The standard InChI is InChI=1S/C17H12ClF3N4O2S/c18-10-3-1-2-4-11(10)22-16(26)25-6-5-9-7-12(28-13(9)8-25)14-23-15(27-24-14)17(19,20)21/h1-4,7H,5-6,8H2,(H,22,26). The number of thiophene rings is 1. The monoisotopic (exact) mass is 428 g/mol. The summed E-state index contributed by atoms with van der Waals surface area (Å²) >= 11 is 7.30. The zero-order valence-electron chi connectivity index (χ0n) is 14.1. The molecule has 0 radical (unpaired) electrons. The zero-order chi connectivity index (χ0) is 19.9. The fraction of sp³-hybridized carbons (Fsp3) is 0.235. The number of hydrogen-bond donors (Lipinski definition) is 1. The molecule has 1 aliphatic heterocycles. The molecular weight excluding hydrogens is 417 g/mol. The predicted octanol–water partition coefficient (Wildman–Crippen LogP) is 5.06. The van der Waals surface area contributed by atoms with E-state index < -0.39 is 12.1 Å². The van der Waals surface area contributed by atoms with Crippen molar-refractivity contribution in [1.82, 2.24) is 15.0 Å². The minimum atomic E-state index is -4.68. The first-order valence-electron chi connectivity index (χ1n) is 8.14. The molecule has 0 atom stereocenters. The molecule has 0 aliphatic carbocycles. The maximum atomic E-state index is 12.6. The highest BCUT2D eigenvalue weighted by Crippen LogP contribution is 2.35. The second-order valence-electron chi connectivity index (χ2n) is 6.06. The molecule has 0 unspecified atom stereocenters. The minimum absolute atomic E-state index is 0.112. The molecule has 146 valence electrons. The van der Waals surface area contributed by atoms with Crippen LogP contribution in [0.3, 0.4) is 0 Å². The van der Waals surface area contributed by atoms with Crippen molar-refractivity contribution in [2.75, 3.05) is 11.9 Å². The molecule has 0 bridgehead atoms. The van der Waals surface area contributed by atoms with E-state index in [1.807, 2.05) is 0 Å². The van der Waals surface area contributed by atoms with Gasteiger partial charge in [-0.2, -0.15) is 18.2 Å². The Morgan fingerprint density at radius 1 is 1.32 bits per heavy atom. The number of amides is 2. The van der Waals surface area contributed by atoms with Crippen LogP contribution in [0.1, 0.15) is 16.3 Å². The number of alkyl halides is 3. The first-order chi connectivity index (χ1) is 13.3. The van der Waals surface area contributed by atoms with Crippen LogP contribution in [-0.2, 0) is 19.1 Å². The third-order valence-corrected chi connectivity index (χ3v) is 5.66.